The zero-order valence-corrected chi connectivity index (χ0v) is 9.83. The molecule has 4 nitrogen and oxygen atoms in total. The number of rotatable bonds is 4. The first-order chi connectivity index (χ1) is 7.99. The molecule has 2 unspecified atom stereocenters. The van der Waals surface area contributed by atoms with Gasteiger partial charge in [0.05, 0.1) is 20.1 Å². The molecule has 1 amide bonds. The van der Waals surface area contributed by atoms with Gasteiger partial charge in [-0.25, -0.2) is 9.59 Å². The van der Waals surface area contributed by atoms with E-state index in [2.05, 4.69) is 4.74 Å². The number of hydrogen-bond donors (Lipinski definition) is 1. The van der Waals surface area contributed by atoms with Crippen molar-refractivity contribution in [2.75, 3.05) is 13.7 Å². The maximum atomic E-state index is 12.1. The van der Waals surface area contributed by atoms with Gasteiger partial charge in [-0.05, 0) is 6.08 Å². The van der Waals surface area contributed by atoms with Gasteiger partial charge in [0.1, 0.15) is 0 Å². The van der Waals surface area contributed by atoms with E-state index in [0.29, 0.717) is 11.3 Å². The van der Waals surface area contributed by atoms with E-state index in [9.17, 15) is 18.4 Å². The maximum absolute atomic E-state index is 12.1. The quantitative estimate of drug-likeness (QED) is 0.720. The Bertz CT molecular complexity index is 340. The van der Waals surface area contributed by atoms with Crippen molar-refractivity contribution in [1.82, 2.24) is 0 Å². The molecule has 0 aromatic rings. The molecule has 17 heavy (non-hydrogen) atoms. The average molecular weight is 248 g/mol. The van der Waals surface area contributed by atoms with Crippen molar-refractivity contribution >= 4 is 11.9 Å². The number of methoxy groups -OCH3 is 1. The van der Waals surface area contributed by atoms with Crippen molar-refractivity contribution in [3.8, 4) is 0 Å². The largest absolute Gasteiger partial charge is 0.465 e. The van der Waals surface area contributed by atoms with E-state index in [1.54, 1.807) is 6.92 Å². The maximum Gasteiger partial charge on any atom is 0.365 e. The molecule has 1 aliphatic heterocycles. The highest BCUT2D eigenvalue weighted by atomic mass is 19.3. The Balaban J connectivity index is 2.75. The molecule has 0 aliphatic carbocycles. The summed E-state index contributed by atoms with van der Waals surface area (Å²) in [5, 5.41) is 0. The zero-order chi connectivity index (χ0) is 13.0. The molecule has 1 N–H and O–H groups in total. The fraction of sp³-hybridized carbons (Fsp3) is 0.636. The number of carbonyl (C=O) groups is 2. The highest BCUT2D eigenvalue weighted by Gasteiger charge is 2.42. The fourth-order valence-corrected chi connectivity index (χ4v) is 2.17. The standard InChI is InChI=1S/C11H15F2NO3/c1-3-8(11(16)17-2)14-6-7(4-9(12)13)5-10(14)15/h4,7-8H,3,5-6H2,1-2H3/p+1/t7-,8?/m1/s1. The lowest BCUT2D eigenvalue weighted by molar-refractivity contribution is -0.832. The van der Waals surface area contributed by atoms with Crippen LogP contribution in [0.4, 0.5) is 8.78 Å². The lowest BCUT2D eigenvalue weighted by Gasteiger charge is -2.19. The molecule has 1 rings (SSSR count). The summed E-state index contributed by atoms with van der Waals surface area (Å²) in [6.45, 7) is 1.99. The van der Waals surface area contributed by atoms with Crippen molar-refractivity contribution in [2.45, 2.75) is 25.8 Å². The Hall–Kier alpha value is -1.30. The summed E-state index contributed by atoms with van der Waals surface area (Å²) in [6.07, 6.45) is -0.493. The van der Waals surface area contributed by atoms with Crippen molar-refractivity contribution in [2.24, 2.45) is 5.92 Å². The summed E-state index contributed by atoms with van der Waals surface area (Å²) < 4.78 is 28.8. The average Bonchev–Trinajstić information content (AvgIpc) is 2.59. The fourth-order valence-electron chi connectivity index (χ4n) is 2.17. The second-order valence-electron chi connectivity index (χ2n) is 4.06. The predicted octanol–water partition coefficient (Wildman–Crippen LogP) is 0.150. The summed E-state index contributed by atoms with van der Waals surface area (Å²) in [4.78, 5) is 23.5. The van der Waals surface area contributed by atoms with Crippen molar-refractivity contribution in [1.29, 1.82) is 0 Å². The molecule has 0 bridgehead atoms. The number of quaternary nitrogens is 1. The van der Waals surface area contributed by atoms with Crippen LogP contribution in [0.5, 0.6) is 0 Å². The molecular formula is C11H16F2NO3+. The van der Waals surface area contributed by atoms with E-state index in [1.165, 1.54) is 7.11 Å². The number of halogens is 2. The molecule has 0 radical (unpaired) electrons. The Morgan fingerprint density at radius 2 is 2.29 bits per heavy atom. The van der Waals surface area contributed by atoms with E-state index in [1.807, 2.05) is 0 Å². The lowest BCUT2D eigenvalue weighted by Crippen LogP contribution is -3.17. The molecule has 0 aromatic heterocycles. The Morgan fingerprint density at radius 1 is 1.65 bits per heavy atom. The molecule has 1 heterocycles. The van der Waals surface area contributed by atoms with Gasteiger partial charge in [-0.15, -0.1) is 0 Å². The van der Waals surface area contributed by atoms with Gasteiger partial charge in [0.15, 0.2) is 6.04 Å². The molecule has 0 aromatic carbocycles. The number of esters is 1. The number of carbonyl (C=O) groups excluding carboxylic acids is 2. The van der Waals surface area contributed by atoms with Crippen LogP contribution in [0.25, 0.3) is 0 Å². The molecule has 6 heteroatoms. The van der Waals surface area contributed by atoms with Gasteiger partial charge in [0, 0.05) is 12.3 Å². The first-order valence-corrected chi connectivity index (χ1v) is 5.49. The van der Waals surface area contributed by atoms with Crippen molar-refractivity contribution < 1.29 is 28.0 Å². The second-order valence-corrected chi connectivity index (χ2v) is 4.06. The summed E-state index contributed by atoms with van der Waals surface area (Å²) in [6, 6.07) is -0.589. The number of hydrogen-bond acceptors (Lipinski definition) is 3. The van der Waals surface area contributed by atoms with E-state index in [-0.39, 0.29) is 18.9 Å². The van der Waals surface area contributed by atoms with Crippen molar-refractivity contribution in [3.05, 3.63) is 12.2 Å². The highest BCUT2D eigenvalue weighted by Crippen LogP contribution is 2.12. The number of likely N-dealkylation sites (tertiary alicyclic amines) is 1. The van der Waals surface area contributed by atoms with Crippen LogP contribution in [-0.4, -0.2) is 31.6 Å². The van der Waals surface area contributed by atoms with Gasteiger partial charge in [-0.3, -0.25) is 4.90 Å². The molecule has 96 valence electrons. The first kappa shape index (κ1) is 13.8. The van der Waals surface area contributed by atoms with E-state index >= 15 is 0 Å². The van der Waals surface area contributed by atoms with E-state index in [0.717, 1.165) is 6.08 Å². The van der Waals surface area contributed by atoms with E-state index < -0.39 is 24.0 Å². The topological polar surface area (TPSA) is 47.8 Å². The minimum Gasteiger partial charge on any atom is -0.465 e. The Kier molecular flexibility index (Phi) is 4.74. The molecule has 1 saturated heterocycles. The first-order valence-electron chi connectivity index (χ1n) is 5.49. The minimum atomic E-state index is -1.78. The van der Waals surface area contributed by atoms with Crippen molar-refractivity contribution in [3.63, 3.8) is 0 Å². The summed E-state index contributed by atoms with van der Waals surface area (Å²) >= 11 is 0. The number of ether oxygens (including phenoxy) is 1. The summed E-state index contributed by atoms with van der Waals surface area (Å²) in [7, 11) is 1.25. The molecule has 3 atom stereocenters. The van der Waals surface area contributed by atoms with Gasteiger partial charge in [0.2, 0.25) is 0 Å². The zero-order valence-electron chi connectivity index (χ0n) is 9.83. The van der Waals surface area contributed by atoms with Crippen LogP contribution in [0, 0.1) is 5.92 Å². The van der Waals surface area contributed by atoms with Crippen LogP contribution in [0.2, 0.25) is 0 Å². The normalized spacial score (nSPS) is 25.5. The van der Waals surface area contributed by atoms with Gasteiger partial charge >= 0.3 is 11.9 Å². The highest BCUT2D eigenvalue weighted by molar-refractivity contribution is 5.78. The Morgan fingerprint density at radius 3 is 2.76 bits per heavy atom. The second kappa shape index (κ2) is 5.86. The summed E-state index contributed by atoms with van der Waals surface area (Å²) in [5.74, 6) is -1.16. The third-order valence-electron chi connectivity index (χ3n) is 2.96. The van der Waals surface area contributed by atoms with Gasteiger partial charge in [0.25, 0.3) is 6.08 Å². The molecule has 1 fully saturated rings. The van der Waals surface area contributed by atoms with Crippen LogP contribution in [0.3, 0.4) is 0 Å². The van der Waals surface area contributed by atoms with Gasteiger partial charge in [-0.1, -0.05) is 6.92 Å². The lowest BCUT2D eigenvalue weighted by atomic mass is 10.1. The van der Waals surface area contributed by atoms with Crippen LogP contribution in [0.15, 0.2) is 12.2 Å². The smallest absolute Gasteiger partial charge is 0.365 e. The van der Waals surface area contributed by atoms with Crippen LogP contribution in [-0.2, 0) is 14.3 Å². The predicted molar refractivity (Wildman–Crippen MR) is 55.3 cm³/mol. The van der Waals surface area contributed by atoms with E-state index in [4.69, 9.17) is 0 Å². The molecule has 1 aliphatic rings. The minimum absolute atomic E-state index is 0.0557. The Labute approximate surface area is 98.2 Å². The molecular weight excluding hydrogens is 232 g/mol. The number of nitrogens with one attached hydrogen (secondary N) is 1. The monoisotopic (exact) mass is 248 g/mol. The number of amides is 1. The summed E-state index contributed by atoms with van der Waals surface area (Å²) in [5.41, 5.74) is 0. The van der Waals surface area contributed by atoms with Crippen LogP contribution < -0.4 is 4.90 Å². The molecule has 0 spiro atoms. The van der Waals surface area contributed by atoms with Crippen LogP contribution >= 0.6 is 0 Å². The molecule has 0 saturated carbocycles. The third kappa shape index (κ3) is 3.33. The van der Waals surface area contributed by atoms with Gasteiger partial charge in [-0.2, -0.15) is 8.78 Å². The van der Waals surface area contributed by atoms with Gasteiger partial charge < -0.3 is 4.74 Å². The third-order valence-corrected chi connectivity index (χ3v) is 2.96. The van der Waals surface area contributed by atoms with Crippen LogP contribution in [0.1, 0.15) is 19.8 Å². The SMILES string of the molecule is CCC(C(=O)OC)[NH+]1C[C@H](C=C(F)F)CC1=O.